The van der Waals surface area contributed by atoms with Gasteiger partial charge in [-0.3, -0.25) is 4.79 Å². The third-order valence-electron chi connectivity index (χ3n) is 2.69. The molecule has 0 fully saturated rings. The van der Waals surface area contributed by atoms with E-state index in [1.165, 1.54) is 0 Å². The number of nitrogens with two attached hydrogens (primary N) is 1. The van der Waals surface area contributed by atoms with Gasteiger partial charge in [0.1, 0.15) is 0 Å². The molecule has 1 amide bonds. The Morgan fingerprint density at radius 1 is 1.50 bits per heavy atom. The van der Waals surface area contributed by atoms with E-state index in [4.69, 9.17) is 5.73 Å². The van der Waals surface area contributed by atoms with Crippen molar-refractivity contribution in [3.63, 3.8) is 0 Å². The van der Waals surface area contributed by atoms with Crippen molar-refractivity contribution in [2.75, 3.05) is 11.1 Å². The Morgan fingerprint density at radius 2 is 2.33 bits per heavy atom. The van der Waals surface area contributed by atoms with Crippen LogP contribution in [0.5, 0.6) is 0 Å². The van der Waals surface area contributed by atoms with Crippen LogP contribution in [0.3, 0.4) is 0 Å². The summed E-state index contributed by atoms with van der Waals surface area (Å²) in [6.07, 6.45) is 5.63. The minimum Gasteiger partial charge on any atom is -0.399 e. The summed E-state index contributed by atoms with van der Waals surface area (Å²) in [7, 11) is 0. The number of nitrogens with zero attached hydrogens (tertiary/aromatic N) is 2. The zero-order valence-electron chi connectivity index (χ0n) is 10.3. The fraction of sp³-hybridized carbons (Fsp3) is 0.231. The van der Waals surface area contributed by atoms with Gasteiger partial charge in [0.05, 0.1) is 6.33 Å². The number of rotatable bonds is 4. The summed E-state index contributed by atoms with van der Waals surface area (Å²) in [4.78, 5) is 15.7. The van der Waals surface area contributed by atoms with E-state index in [9.17, 15) is 4.79 Å². The first kappa shape index (κ1) is 12.2. The quantitative estimate of drug-likeness (QED) is 0.805. The number of aromatic nitrogens is 2. The fourth-order valence-corrected chi connectivity index (χ4v) is 1.64. The van der Waals surface area contributed by atoms with Crippen LogP contribution in [-0.4, -0.2) is 15.5 Å². The van der Waals surface area contributed by atoms with Crippen LogP contribution < -0.4 is 11.1 Å². The Hall–Kier alpha value is -2.30. The molecule has 0 aliphatic heterocycles. The normalized spacial score (nSPS) is 10.3. The maximum absolute atomic E-state index is 11.8. The molecular formula is C13H16N4O. The van der Waals surface area contributed by atoms with Crippen molar-refractivity contribution in [3.8, 4) is 0 Å². The molecule has 2 rings (SSSR count). The van der Waals surface area contributed by atoms with Gasteiger partial charge in [0.15, 0.2) is 0 Å². The van der Waals surface area contributed by atoms with Crippen LogP contribution >= 0.6 is 0 Å². The zero-order chi connectivity index (χ0) is 13.0. The molecule has 5 heteroatoms. The summed E-state index contributed by atoms with van der Waals surface area (Å²) in [6, 6.07) is 5.47. The molecule has 1 heterocycles. The van der Waals surface area contributed by atoms with Gasteiger partial charge in [-0.05, 0) is 24.6 Å². The van der Waals surface area contributed by atoms with Crippen LogP contribution in [0, 0.1) is 6.92 Å². The maximum Gasteiger partial charge on any atom is 0.226 e. The molecule has 0 unspecified atom stereocenters. The monoisotopic (exact) mass is 244 g/mol. The van der Waals surface area contributed by atoms with Gasteiger partial charge in [0.25, 0.3) is 0 Å². The predicted octanol–water partition coefficient (Wildman–Crippen LogP) is 1.80. The van der Waals surface area contributed by atoms with E-state index in [2.05, 4.69) is 10.3 Å². The van der Waals surface area contributed by atoms with Gasteiger partial charge in [-0.15, -0.1) is 0 Å². The molecule has 0 spiro atoms. The number of amides is 1. The van der Waals surface area contributed by atoms with Crippen LogP contribution in [0.25, 0.3) is 0 Å². The third kappa shape index (κ3) is 3.10. The molecule has 0 radical (unpaired) electrons. The molecular weight excluding hydrogens is 228 g/mol. The second-order valence-corrected chi connectivity index (χ2v) is 4.17. The lowest BCUT2D eigenvalue weighted by molar-refractivity contribution is -0.116. The van der Waals surface area contributed by atoms with Crippen LogP contribution in [0.2, 0.25) is 0 Å². The van der Waals surface area contributed by atoms with Crippen molar-refractivity contribution in [1.29, 1.82) is 0 Å². The second-order valence-electron chi connectivity index (χ2n) is 4.17. The number of carbonyl (C=O) groups excluding carboxylic acids is 1. The van der Waals surface area contributed by atoms with Gasteiger partial charge in [-0.1, -0.05) is 6.07 Å². The highest BCUT2D eigenvalue weighted by molar-refractivity contribution is 5.91. The molecule has 0 atom stereocenters. The Balaban J connectivity index is 1.92. The summed E-state index contributed by atoms with van der Waals surface area (Å²) in [6.45, 7) is 2.55. The number of benzene rings is 1. The van der Waals surface area contributed by atoms with Gasteiger partial charge in [0.2, 0.25) is 5.91 Å². The minimum absolute atomic E-state index is 0.0302. The molecule has 5 nitrogen and oxygen atoms in total. The lowest BCUT2D eigenvalue weighted by Gasteiger charge is -2.09. The topological polar surface area (TPSA) is 72.9 Å². The van der Waals surface area contributed by atoms with Gasteiger partial charge >= 0.3 is 0 Å². The van der Waals surface area contributed by atoms with E-state index in [0.29, 0.717) is 18.7 Å². The summed E-state index contributed by atoms with van der Waals surface area (Å²) in [5, 5.41) is 2.86. The summed E-state index contributed by atoms with van der Waals surface area (Å²) >= 11 is 0. The average Bonchev–Trinajstić information content (AvgIpc) is 2.84. The highest BCUT2D eigenvalue weighted by atomic mass is 16.1. The number of nitrogens with one attached hydrogen (secondary N) is 1. The van der Waals surface area contributed by atoms with Crippen LogP contribution in [0.4, 0.5) is 11.4 Å². The number of anilines is 2. The van der Waals surface area contributed by atoms with Crippen molar-refractivity contribution < 1.29 is 4.79 Å². The molecule has 0 aliphatic rings. The van der Waals surface area contributed by atoms with Crippen LogP contribution in [0.15, 0.2) is 36.9 Å². The van der Waals surface area contributed by atoms with Crippen molar-refractivity contribution >= 4 is 17.3 Å². The number of hydrogen-bond donors (Lipinski definition) is 2. The molecule has 18 heavy (non-hydrogen) atoms. The van der Waals surface area contributed by atoms with Crippen molar-refractivity contribution in [2.45, 2.75) is 19.9 Å². The fourth-order valence-electron chi connectivity index (χ4n) is 1.64. The van der Waals surface area contributed by atoms with E-state index in [-0.39, 0.29) is 5.91 Å². The molecule has 0 saturated carbocycles. The number of nitrogen functional groups attached to an aromatic ring is 1. The first-order valence-corrected chi connectivity index (χ1v) is 5.77. The summed E-state index contributed by atoms with van der Waals surface area (Å²) < 4.78 is 1.87. The Kier molecular flexibility index (Phi) is 3.62. The highest BCUT2D eigenvalue weighted by Crippen LogP contribution is 2.18. The smallest absolute Gasteiger partial charge is 0.226 e. The van der Waals surface area contributed by atoms with E-state index < -0.39 is 0 Å². The van der Waals surface area contributed by atoms with Crippen molar-refractivity contribution in [3.05, 3.63) is 42.5 Å². The molecule has 1 aromatic carbocycles. The van der Waals surface area contributed by atoms with Crippen LogP contribution in [0.1, 0.15) is 12.0 Å². The maximum atomic E-state index is 11.8. The minimum atomic E-state index is -0.0302. The van der Waals surface area contributed by atoms with Gasteiger partial charge in [0, 0.05) is 36.7 Å². The van der Waals surface area contributed by atoms with Crippen LogP contribution in [-0.2, 0) is 11.3 Å². The number of aryl methyl sites for hydroxylation is 2. The largest absolute Gasteiger partial charge is 0.399 e. The number of hydrogen-bond acceptors (Lipinski definition) is 3. The third-order valence-corrected chi connectivity index (χ3v) is 2.69. The van der Waals surface area contributed by atoms with Gasteiger partial charge in [-0.2, -0.15) is 0 Å². The van der Waals surface area contributed by atoms with Gasteiger partial charge in [-0.25, -0.2) is 4.98 Å². The van der Waals surface area contributed by atoms with E-state index in [1.54, 1.807) is 18.6 Å². The Bertz CT molecular complexity index is 534. The molecule has 0 aliphatic carbocycles. The molecule has 2 aromatic rings. The second kappa shape index (κ2) is 5.35. The van der Waals surface area contributed by atoms with Crippen molar-refractivity contribution in [2.24, 2.45) is 0 Å². The molecule has 0 bridgehead atoms. The van der Waals surface area contributed by atoms with E-state index >= 15 is 0 Å². The Labute approximate surface area is 106 Å². The zero-order valence-corrected chi connectivity index (χ0v) is 10.3. The average molecular weight is 244 g/mol. The number of carbonyl (C=O) groups is 1. The Morgan fingerprint density at radius 3 is 3.06 bits per heavy atom. The van der Waals surface area contributed by atoms with Crippen molar-refractivity contribution in [1.82, 2.24) is 9.55 Å². The first-order chi connectivity index (χ1) is 8.65. The SMILES string of the molecule is Cc1ccc(N)cc1NC(=O)CCn1ccnc1. The number of imidazole rings is 1. The predicted molar refractivity (Wildman–Crippen MR) is 71.1 cm³/mol. The lowest BCUT2D eigenvalue weighted by Crippen LogP contribution is -2.14. The molecule has 1 aromatic heterocycles. The van der Waals surface area contributed by atoms with Gasteiger partial charge < -0.3 is 15.6 Å². The summed E-state index contributed by atoms with van der Waals surface area (Å²) in [5.74, 6) is -0.0302. The summed E-state index contributed by atoms with van der Waals surface area (Å²) in [5.41, 5.74) is 8.10. The molecule has 94 valence electrons. The van der Waals surface area contributed by atoms with E-state index in [0.717, 1.165) is 11.3 Å². The molecule has 0 saturated heterocycles. The standard InChI is InChI=1S/C13H16N4O/c1-10-2-3-11(14)8-12(10)16-13(18)4-6-17-7-5-15-9-17/h2-3,5,7-9H,4,6,14H2,1H3,(H,16,18). The lowest BCUT2D eigenvalue weighted by atomic mass is 10.2. The molecule has 3 N–H and O–H groups in total. The highest BCUT2D eigenvalue weighted by Gasteiger charge is 2.05. The first-order valence-electron chi connectivity index (χ1n) is 5.77. The van der Waals surface area contributed by atoms with E-state index in [1.807, 2.05) is 29.8 Å².